The van der Waals surface area contributed by atoms with E-state index in [1.54, 1.807) is 12.1 Å². The molecule has 116 valence electrons. The number of halogens is 1. The van der Waals surface area contributed by atoms with Crippen molar-refractivity contribution in [3.63, 3.8) is 0 Å². The molecule has 0 unspecified atom stereocenters. The molecule has 0 saturated heterocycles. The van der Waals surface area contributed by atoms with Crippen molar-refractivity contribution in [1.82, 2.24) is 4.98 Å². The summed E-state index contributed by atoms with van der Waals surface area (Å²) < 4.78 is 18.8. The molecule has 3 heteroatoms. The molecule has 2 aromatic carbocycles. The minimum atomic E-state index is -0.231. The molecule has 3 rings (SSSR count). The van der Waals surface area contributed by atoms with E-state index >= 15 is 0 Å². The van der Waals surface area contributed by atoms with Gasteiger partial charge in [0.2, 0.25) is 5.88 Å². The highest BCUT2D eigenvalue weighted by atomic mass is 19.1. The lowest BCUT2D eigenvalue weighted by molar-refractivity contribution is 0.461. The molecular formula is C20H18FNO. The Morgan fingerprint density at radius 3 is 2.04 bits per heavy atom. The van der Waals surface area contributed by atoms with Crippen molar-refractivity contribution in [3.8, 4) is 22.8 Å². The molecule has 0 fully saturated rings. The number of benzene rings is 2. The summed E-state index contributed by atoms with van der Waals surface area (Å²) in [5.41, 5.74) is 4.21. The predicted octanol–water partition coefficient (Wildman–Crippen LogP) is 5.55. The number of nitrogens with zero attached hydrogens (tertiary/aromatic N) is 1. The molecule has 0 spiro atoms. The van der Waals surface area contributed by atoms with Gasteiger partial charge in [-0.25, -0.2) is 9.37 Å². The normalized spacial score (nSPS) is 10.6. The highest BCUT2D eigenvalue weighted by Gasteiger charge is 2.04. The SMILES string of the molecule is CCc1ccc(Oc2ccc(-c3ccc(F)cc3)cc2)nc1C. The van der Waals surface area contributed by atoms with E-state index in [-0.39, 0.29) is 5.82 Å². The lowest BCUT2D eigenvalue weighted by atomic mass is 10.1. The molecular weight excluding hydrogens is 289 g/mol. The smallest absolute Gasteiger partial charge is 0.219 e. The Balaban J connectivity index is 1.77. The lowest BCUT2D eigenvalue weighted by Gasteiger charge is -2.08. The molecule has 0 saturated carbocycles. The van der Waals surface area contributed by atoms with E-state index in [1.807, 2.05) is 43.3 Å². The van der Waals surface area contributed by atoms with Crippen molar-refractivity contribution in [2.24, 2.45) is 0 Å². The summed E-state index contributed by atoms with van der Waals surface area (Å²) in [4.78, 5) is 4.47. The third-order valence-electron chi connectivity index (χ3n) is 3.80. The van der Waals surface area contributed by atoms with Gasteiger partial charge in [-0.2, -0.15) is 0 Å². The number of pyridine rings is 1. The van der Waals surface area contributed by atoms with Crippen LogP contribution in [0.1, 0.15) is 18.2 Å². The first kappa shape index (κ1) is 15.2. The van der Waals surface area contributed by atoms with E-state index in [4.69, 9.17) is 4.74 Å². The van der Waals surface area contributed by atoms with Gasteiger partial charge in [-0.1, -0.05) is 37.3 Å². The average molecular weight is 307 g/mol. The summed E-state index contributed by atoms with van der Waals surface area (Å²) in [7, 11) is 0. The standard InChI is InChI=1S/C20H18FNO/c1-3-15-8-13-20(22-14(15)2)23-19-11-6-17(7-12-19)16-4-9-18(21)10-5-16/h4-13H,3H2,1-2H3. The third kappa shape index (κ3) is 3.57. The zero-order valence-corrected chi connectivity index (χ0v) is 13.2. The minimum Gasteiger partial charge on any atom is -0.439 e. The number of hydrogen-bond donors (Lipinski definition) is 0. The second-order valence-corrected chi connectivity index (χ2v) is 5.38. The van der Waals surface area contributed by atoms with Crippen molar-refractivity contribution in [2.75, 3.05) is 0 Å². The van der Waals surface area contributed by atoms with Gasteiger partial charge in [-0.3, -0.25) is 0 Å². The Hall–Kier alpha value is -2.68. The molecule has 0 bridgehead atoms. The predicted molar refractivity (Wildman–Crippen MR) is 90.3 cm³/mol. The maximum absolute atomic E-state index is 13.0. The summed E-state index contributed by atoms with van der Waals surface area (Å²) in [6.45, 7) is 4.10. The van der Waals surface area contributed by atoms with E-state index in [9.17, 15) is 4.39 Å². The van der Waals surface area contributed by atoms with E-state index in [2.05, 4.69) is 11.9 Å². The number of rotatable bonds is 4. The van der Waals surface area contributed by atoms with Crippen LogP contribution >= 0.6 is 0 Å². The number of ether oxygens (including phenoxy) is 1. The fourth-order valence-corrected chi connectivity index (χ4v) is 2.48. The summed E-state index contributed by atoms with van der Waals surface area (Å²) in [6.07, 6.45) is 0.964. The van der Waals surface area contributed by atoms with E-state index in [1.165, 1.54) is 17.7 Å². The van der Waals surface area contributed by atoms with Crippen LogP contribution in [0.3, 0.4) is 0 Å². The van der Waals surface area contributed by atoms with Gasteiger partial charge in [0.25, 0.3) is 0 Å². The first-order valence-corrected chi connectivity index (χ1v) is 7.66. The molecule has 23 heavy (non-hydrogen) atoms. The Morgan fingerprint density at radius 2 is 1.48 bits per heavy atom. The van der Waals surface area contributed by atoms with Crippen molar-refractivity contribution >= 4 is 0 Å². The molecule has 1 heterocycles. The maximum Gasteiger partial charge on any atom is 0.219 e. The number of aromatic nitrogens is 1. The third-order valence-corrected chi connectivity index (χ3v) is 3.80. The van der Waals surface area contributed by atoms with Gasteiger partial charge in [-0.15, -0.1) is 0 Å². The van der Waals surface area contributed by atoms with Gasteiger partial charge in [0.1, 0.15) is 11.6 Å². The van der Waals surface area contributed by atoms with Crippen LogP contribution in [0.2, 0.25) is 0 Å². The summed E-state index contributed by atoms with van der Waals surface area (Å²) in [5.74, 6) is 1.09. The first-order valence-electron chi connectivity index (χ1n) is 7.66. The van der Waals surface area contributed by atoms with Crippen LogP contribution in [0.5, 0.6) is 11.6 Å². The van der Waals surface area contributed by atoms with Gasteiger partial charge in [-0.05, 0) is 54.3 Å². The van der Waals surface area contributed by atoms with Crippen LogP contribution in [-0.2, 0) is 6.42 Å². The van der Waals surface area contributed by atoms with Crippen LogP contribution in [0.25, 0.3) is 11.1 Å². The highest BCUT2D eigenvalue weighted by molar-refractivity contribution is 5.64. The fourth-order valence-electron chi connectivity index (χ4n) is 2.48. The second-order valence-electron chi connectivity index (χ2n) is 5.38. The molecule has 0 atom stereocenters. The average Bonchev–Trinajstić information content (AvgIpc) is 2.57. The molecule has 0 amide bonds. The zero-order chi connectivity index (χ0) is 16.2. The molecule has 3 aromatic rings. The van der Waals surface area contributed by atoms with Crippen LogP contribution in [0.15, 0.2) is 60.7 Å². The van der Waals surface area contributed by atoms with Gasteiger partial charge in [0.05, 0.1) is 0 Å². The van der Waals surface area contributed by atoms with Gasteiger partial charge >= 0.3 is 0 Å². The Kier molecular flexibility index (Phi) is 4.38. The molecule has 0 aliphatic rings. The second kappa shape index (κ2) is 6.61. The van der Waals surface area contributed by atoms with Crippen molar-refractivity contribution < 1.29 is 9.13 Å². The zero-order valence-electron chi connectivity index (χ0n) is 13.2. The van der Waals surface area contributed by atoms with Crippen LogP contribution in [0.4, 0.5) is 4.39 Å². The molecule has 0 aliphatic carbocycles. The van der Waals surface area contributed by atoms with Gasteiger partial charge in [0, 0.05) is 11.8 Å². The van der Waals surface area contributed by atoms with Crippen LogP contribution < -0.4 is 4.74 Å². The van der Waals surface area contributed by atoms with Crippen molar-refractivity contribution in [3.05, 3.63) is 77.7 Å². The Labute approximate surface area is 135 Å². The van der Waals surface area contributed by atoms with Crippen LogP contribution in [0, 0.1) is 12.7 Å². The lowest BCUT2D eigenvalue weighted by Crippen LogP contribution is -1.94. The molecule has 0 radical (unpaired) electrons. The quantitative estimate of drug-likeness (QED) is 0.630. The van der Waals surface area contributed by atoms with Crippen LogP contribution in [-0.4, -0.2) is 4.98 Å². The number of hydrogen-bond acceptors (Lipinski definition) is 2. The van der Waals surface area contributed by atoms with E-state index in [0.29, 0.717) is 5.88 Å². The maximum atomic E-state index is 13.0. The van der Waals surface area contributed by atoms with Gasteiger partial charge < -0.3 is 4.74 Å². The highest BCUT2D eigenvalue weighted by Crippen LogP contribution is 2.25. The van der Waals surface area contributed by atoms with E-state index in [0.717, 1.165) is 29.0 Å². The summed E-state index contributed by atoms with van der Waals surface area (Å²) in [6, 6.07) is 18.1. The van der Waals surface area contributed by atoms with Crippen molar-refractivity contribution in [2.45, 2.75) is 20.3 Å². The van der Waals surface area contributed by atoms with Crippen molar-refractivity contribution in [1.29, 1.82) is 0 Å². The van der Waals surface area contributed by atoms with Gasteiger partial charge in [0.15, 0.2) is 0 Å². The number of aryl methyl sites for hydroxylation is 2. The molecule has 0 N–H and O–H groups in total. The first-order chi connectivity index (χ1) is 11.2. The Bertz CT molecular complexity index is 795. The molecule has 1 aromatic heterocycles. The van der Waals surface area contributed by atoms with E-state index < -0.39 is 0 Å². The summed E-state index contributed by atoms with van der Waals surface area (Å²) in [5, 5.41) is 0. The summed E-state index contributed by atoms with van der Waals surface area (Å²) >= 11 is 0. The minimum absolute atomic E-state index is 0.231. The largest absolute Gasteiger partial charge is 0.439 e. The Morgan fingerprint density at radius 1 is 0.870 bits per heavy atom. The monoisotopic (exact) mass is 307 g/mol. The topological polar surface area (TPSA) is 22.1 Å². The molecule has 2 nitrogen and oxygen atoms in total. The molecule has 0 aliphatic heterocycles. The fraction of sp³-hybridized carbons (Fsp3) is 0.150.